The third kappa shape index (κ3) is 2.56. The van der Waals surface area contributed by atoms with Crippen molar-refractivity contribution in [1.82, 2.24) is 4.90 Å². The number of carbonyl (C=O) groups excluding carboxylic acids is 1. The van der Waals surface area contributed by atoms with Crippen molar-refractivity contribution >= 4 is 39.1 Å². The lowest BCUT2D eigenvalue weighted by Crippen LogP contribution is -2.40. The number of thiophene rings is 1. The number of hydrogen-bond acceptors (Lipinski definition) is 3. The molecule has 1 aliphatic rings. The number of hydrogen-bond donors (Lipinski definition) is 1. The molecule has 19 heavy (non-hydrogen) atoms. The van der Waals surface area contributed by atoms with Crippen LogP contribution in [0.15, 0.2) is 15.2 Å². The van der Waals surface area contributed by atoms with Crippen LogP contribution in [0.3, 0.4) is 0 Å². The largest absolute Gasteiger partial charge is 0.481 e. The topological polar surface area (TPSA) is 57.6 Å². The van der Waals surface area contributed by atoms with Gasteiger partial charge in [0.15, 0.2) is 0 Å². The smallest absolute Gasteiger partial charge is 0.311 e. The molecule has 1 aromatic rings. The van der Waals surface area contributed by atoms with Crippen LogP contribution >= 0.6 is 27.3 Å². The summed E-state index contributed by atoms with van der Waals surface area (Å²) in [5.41, 5.74) is -0.176. The quantitative estimate of drug-likeness (QED) is 0.915. The van der Waals surface area contributed by atoms with Crippen LogP contribution in [0.4, 0.5) is 0 Å². The molecule has 1 atom stereocenters. The molecule has 1 aliphatic heterocycles. The highest BCUT2D eigenvalue weighted by molar-refractivity contribution is 9.11. The van der Waals surface area contributed by atoms with E-state index >= 15 is 0 Å². The van der Waals surface area contributed by atoms with Gasteiger partial charge in [-0.25, -0.2) is 0 Å². The molecular formula is C13H16BrNO3S. The van der Waals surface area contributed by atoms with Gasteiger partial charge in [-0.15, -0.1) is 11.3 Å². The average molecular weight is 346 g/mol. The van der Waals surface area contributed by atoms with E-state index in [1.807, 2.05) is 13.8 Å². The Bertz CT molecular complexity index is 514. The number of carbonyl (C=O) groups is 2. The molecular weight excluding hydrogens is 330 g/mol. The lowest BCUT2D eigenvalue weighted by Gasteiger charge is -2.28. The zero-order chi connectivity index (χ0) is 14.2. The minimum atomic E-state index is -0.803. The van der Waals surface area contributed by atoms with Crippen LogP contribution in [0, 0.1) is 11.3 Å². The molecule has 2 rings (SSSR count). The lowest BCUT2D eigenvalue weighted by atomic mass is 9.76. The van der Waals surface area contributed by atoms with Gasteiger partial charge in [-0.3, -0.25) is 9.59 Å². The summed E-state index contributed by atoms with van der Waals surface area (Å²) in [4.78, 5) is 25.5. The van der Waals surface area contributed by atoms with Gasteiger partial charge in [0.05, 0.1) is 14.8 Å². The van der Waals surface area contributed by atoms with Gasteiger partial charge in [-0.2, -0.15) is 0 Å². The summed E-state index contributed by atoms with van der Waals surface area (Å²) in [6.07, 6.45) is 0.525. The maximum atomic E-state index is 12.3. The summed E-state index contributed by atoms with van der Waals surface area (Å²) in [5.74, 6) is -0.868. The molecule has 0 bridgehead atoms. The Labute approximate surface area is 124 Å². The van der Waals surface area contributed by atoms with E-state index in [1.54, 1.807) is 16.3 Å². The molecule has 0 saturated carbocycles. The first-order valence-corrected chi connectivity index (χ1v) is 7.81. The summed E-state index contributed by atoms with van der Waals surface area (Å²) >= 11 is 4.79. The second kappa shape index (κ2) is 5.25. The summed E-state index contributed by atoms with van der Waals surface area (Å²) in [6.45, 7) is 4.62. The molecule has 1 amide bonds. The Balaban J connectivity index is 2.18. The predicted octanol–water partition coefficient (Wildman–Crippen LogP) is 3.08. The normalized spacial score (nSPS) is 23.1. The fourth-order valence-electron chi connectivity index (χ4n) is 2.50. The molecule has 1 fully saturated rings. The SMILES string of the molecule is CC(C)C1(C(=O)O)CCN(C(=O)c2csc(Br)c2)C1. The molecule has 1 aromatic heterocycles. The second-order valence-electron chi connectivity index (χ2n) is 5.23. The molecule has 104 valence electrons. The Morgan fingerprint density at radius 1 is 1.53 bits per heavy atom. The Morgan fingerprint density at radius 2 is 2.21 bits per heavy atom. The van der Waals surface area contributed by atoms with Gasteiger partial charge >= 0.3 is 5.97 Å². The van der Waals surface area contributed by atoms with Crippen LogP contribution in [-0.4, -0.2) is 35.0 Å². The van der Waals surface area contributed by atoms with Crippen LogP contribution in [0.1, 0.15) is 30.6 Å². The first kappa shape index (κ1) is 14.5. The lowest BCUT2D eigenvalue weighted by molar-refractivity contribution is -0.150. The first-order chi connectivity index (χ1) is 8.86. The van der Waals surface area contributed by atoms with E-state index in [-0.39, 0.29) is 11.8 Å². The van der Waals surface area contributed by atoms with Crippen LogP contribution in [0.5, 0.6) is 0 Å². The third-order valence-electron chi connectivity index (χ3n) is 3.93. The molecule has 1 unspecified atom stereocenters. The van der Waals surface area contributed by atoms with Gasteiger partial charge in [0.25, 0.3) is 5.91 Å². The maximum absolute atomic E-state index is 12.3. The van der Waals surface area contributed by atoms with E-state index < -0.39 is 11.4 Å². The van der Waals surface area contributed by atoms with Gasteiger partial charge in [-0.05, 0) is 34.3 Å². The standard InChI is InChI=1S/C13H16BrNO3S/c1-8(2)13(12(17)18)3-4-15(7-13)11(16)9-5-10(14)19-6-9/h5-6,8H,3-4,7H2,1-2H3,(H,17,18). The second-order valence-corrected chi connectivity index (χ2v) is 7.52. The molecule has 6 heteroatoms. The molecule has 0 aliphatic carbocycles. The van der Waals surface area contributed by atoms with E-state index in [2.05, 4.69) is 15.9 Å². The highest BCUT2D eigenvalue weighted by Gasteiger charge is 2.48. The fraction of sp³-hybridized carbons (Fsp3) is 0.538. The van der Waals surface area contributed by atoms with E-state index in [0.717, 1.165) is 3.79 Å². The van der Waals surface area contributed by atoms with Gasteiger partial charge < -0.3 is 10.0 Å². The molecule has 1 saturated heterocycles. The first-order valence-electron chi connectivity index (χ1n) is 6.13. The van der Waals surface area contributed by atoms with Crippen LogP contribution in [0.2, 0.25) is 0 Å². The number of amides is 1. The zero-order valence-electron chi connectivity index (χ0n) is 10.9. The Hall–Kier alpha value is -0.880. The number of likely N-dealkylation sites (tertiary alicyclic amines) is 1. The fourth-order valence-corrected chi connectivity index (χ4v) is 3.63. The van der Waals surface area contributed by atoms with Crippen molar-refractivity contribution in [3.05, 3.63) is 20.8 Å². The number of nitrogens with zero attached hydrogens (tertiary/aromatic N) is 1. The summed E-state index contributed by atoms with van der Waals surface area (Å²) in [7, 11) is 0. The number of aliphatic carboxylic acids is 1. The van der Waals surface area contributed by atoms with Crippen molar-refractivity contribution in [1.29, 1.82) is 0 Å². The minimum absolute atomic E-state index is 0.0111. The van der Waals surface area contributed by atoms with Crippen molar-refractivity contribution in [3.63, 3.8) is 0 Å². The van der Waals surface area contributed by atoms with Crippen molar-refractivity contribution in [2.75, 3.05) is 13.1 Å². The van der Waals surface area contributed by atoms with E-state index in [9.17, 15) is 14.7 Å². The van der Waals surface area contributed by atoms with Gasteiger partial charge in [0, 0.05) is 18.5 Å². The molecule has 0 spiro atoms. The third-order valence-corrected chi connectivity index (χ3v) is 5.44. The van der Waals surface area contributed by atoms with Gasteiger partial charge in [0.2, 0.25) is 0 Å². The van der Waals surface area contributed by atoms with Crippen molar-refractivity contribution in [3.8, 4) is 0 Å². The summed E-state index contributed by atoms with van der Waals surface area (Å²) < 4.78 is 0.906. The van der Waals surface area contributed by atoms with Crippen molar-refractivity contribution in [2.45, 2.75) is 20.3 Å². The van der Waals surface area contributed by atoms with Crippen LogP contribution in [0.25, 0.3) is 0 Å². The number of carboxylic acids is 1. The maximum Gasteiger partial charge on any atom is 0.311 e. The molecule has 0 aromatic carbocycles. The molecule has 0 radical (unpaired) electrons. The van der Waals surface area contributed by atoms with Gasteiger partial charge in [0.1, 0.15) is 0 Å². The highest BCUT2D eigenvalue weighted by atomic mass is 79.9. The predicted molar refractivity (Wildman–Crippen MR) is 77.4 cm³/mol. The molecule has 1 N–H and O–H groups in total. The van der Waals surface area contributed by atoms with E-state index in [4.69, 9.17) is 0 Å². The zero-order valence-corrected chi connectivity index (χ0v) is 13.3. The summed E-state index contributed by atoms with van der Waals surface area (Å²) in [5, 5.41) is 11.3. The van der Waals surface area contributed by atoms with E-state index in [1.165, 1.54) is 11.3 Å². The molecule has 4 nitrogen and oxygen atoms in total. The Morgan fingerprint density at radius 3 is 2.63 bits per heavy atom. The number of carboxylic acid groups (broad SMARTS) is 1. The van der Waals surface area contributed by atoms with E-state index in [0.29, 0.717) is 25.1 Å². The van der Waals surface area contributed by atoms with Crippen molar-refractivity contribution in [2.24, 2.45) is 11.3 Å². The average Bonchev–Trinajstić information content (AvgIpc) is 2.94. The minimum Gasteiger partial charge on any atom is -0.481 e. The molecule has 2 heterocycles. The summed E-state index contributed by atoms with van der Waals surface area (Å²) in [6, 6.07) is 1.78. The number of halogens is 1. The number of rotatable bonds is 3. The van der Waals surface area contributed by atoms with Crippen molar-refractivity contribution < 1.29 is 14.7 Å². The monoisotopic (exact) mass is 345 g/mol. The Kier molecular flexibility index (Phi) is 4.01. The van der Waals surface area contributed by atoms with Crippen LogP contribution in [-0.2, 0) is 4.79 Å². The van der Waals surface area contributed by atoms with Crippen LogP contribution < -0.4 is 0 Å². The highest BCUT2D eigenvalue weighted by Crippen LogP contribution is 2.39. The van der Waals surface area contributed by atoms with Gasteiger partial charge in [-0.1, -0.05) is 13.8 Å².